The monoisotopic (exact) mass is 372 g/mol. The number of anilines is 2. The lowest BCUT2D eigenvalue weighted by molar-refractivity contribution is -0.115. The first-order valence-electron chi connectivity index (χ1n) is 9.20. The fourth-order valence-corrected chi connectivity index (χ4v) is 2.80. The SMILES string of the molecule is CCCN(CCC)c1ccc(NC(=O)Cc2ccc(OC)c(OC)c2)nn1. The Labute approximate surface area is 160 Å². The van der Waals surface area contributed by atoms with Crippen molar-refractivity contribution in [3.8, 4) is 11.5 Å². The summed E-state index contributed by atoms with van der Waals surface area (Å²) in [7, 11) is 3.15. The molecule has 0 saturated carbocycles. The van der Waals surface area contributed by atoms with Crippen molar-refractivity contribution in [2.75, 3.05) is 37.5 Å². The summed E-state index contributed by atoms with van der Waals surface area (Å²) in [5, 5.41) is 11.2. The number of amides is 1. The zero-order chi connectivity index (χ0) is 19.6. The second-order valence-electron chi connectivity index (χ2n) is 6.18. The number of hydrogen-bond acceptors (Lipinski definition) is 6. The number of hydrogen-bond donors (Lipinski definition) is 1. The van der Waals surface area contributed by atoms with Crippen LogP contribution in [0.3, 0.4) is 0 Å². The average Bonchev–Trinajstić information content (AvgIpc) is 2.68. The Kier molecular flexibility index (Phi) is 7.85. The molecule has 0 atom stereocenters. The van der Waals surface area contributed by atoms with Gasteiger partial charge in [0.25, 0.3) is 0 Å². The highest BCUT2D eigenvalue weighted by molar-refractivity contribution is 5.91. The molecule has 1 aromatic carbocycles. The van der Waals surface area contributed by atoms with Gasteiger partial charge >= 0.3 is 0 Å². The van der Waals surface area contributed by atoms with Gasteiger partial charge in [-0.2, -0.15) is 0 Å². The topological polar surface area (TPSA) is 76.6 Å². The average molecular weight is 372 g/mol. The van der Waals surface area contributed by atoms with E-state index in [4.69, 9.17) is 9.47 Å². The van der Waals surface area contributed by atoms with E-state index >= 15 is 0 Å². The quantitative estimate of drug-likeness (QED) is 0.690. The molecule has 2 rings (SSSR count). The van der Waals surface area contributed by atoms with Crippen LogP contribution < -0.4 is 19.7 Å². The molecule has 146 valence electrons. The van der Waals surface area contributed by atoms with Crippen LogP contribution >= 0.6 is 0 Å². The van der Waals surface area contributed by atoms with E-state index in [2.05, 4.69) is 34.3 Å². The summed E-state index contributed by atoms with van der Waals surface area (Å²) < 4.78 is 10.5. The molecule has 7 heteroatoms. The minimum Gasteiger partial charge on any atom is -0.493 e. The Balaban J connectivity index is 1.99. The summed E-state index contributed by atoms with van der Waals surface area (Å²) in [5.74, 6) is 2.34. The number of rotatable bonds is 10. The van der Waals surface area contributed by atoms with Crippen molar-refractivity contribution in [2.24, 2.45) is 0 Å². The Morgan fingerprint density at radius 2 is 1.70 bits per heavy atom. The van der Waals surface area contributed by atoms with Crippen LogP contribution in [0, 0.1) is 0 Å². The van der Waals surface area contributed by atoms with Crippen LogP contribution in [0.5, 0.6) is 11.5 Å². The fraction of sp³-hybridized carbons (Fsp3) is 0.450. The van der Waals surface area contributed by atoms with E-state index in [1.165, 1.54) is 0 Å². The van der Waals surface area contributed by atoms with Crippen molar-refractivity contribution in [1.82, 2.24) is 10.2 Å². The van der Waals surface area contributed by atoms with Crippen molar-refractivity contribution in [2.45, 2.75) is 33.1 Å². The van der Waals surface area contributed by atoms with Gasteiger partial charge in [-0.15, -0.1) is 10.2 Å². The Morgan fingerprint density at radius 3 is 2.26 bits per heavy atom. The molecule has 0 fully saturated rings. The van der Waals surface area contributed by atoms with Gasteiger partial charge in [-0.25, -0.2) is 0 Å². The third kappa shape index (κ3) is 5.84. The maximum atomic E-state index is 12.3. The van der Waals surface area contributed by atoms with Gasteiger partial charge in [0.15, 0.2) is 23.1 Å². The van der Waals surface area contributed by atoms with Crippen LogP contribution in [0.15, 0.2) is 30.3 Å². The Bertz CT molecular complexity index is 729. The molecule has 0 aliphatic rings. The van der Waals surface area contributed by atoms with E-state index in [0.717, 1.165) is 37.3 Å². The van der Waals surface area contributed by atoms with Gasteiger partial charge in [-0.05, 0) is 42.7 Å². The normalized spacial score (nSPS) is 10.4. The number of carbonyl (C=O) groups is 1. The van der Waals surface area contributed by atoms with Gasteiger partial charge < -0.3 is 19.7 Å². The first-order chi connectivity index (χ1) is 13.1. The first-order valence-corrected chi connectivity index (χ1v) is 9.20. The van der Waals surface area contributed by atoms with E-state index in [1.807, 2.05) is 12.1 Å². The summed E-state index contributed by atoms with van der Waals surface area (Å²) in [6.07, 6.45) is 2.30. The molecular formula is C20H28N4O3. The molecule has 0 aliphatic carbocycles. The molecule has 2 aromatic rings. The van der Waals surface area contributed by atoms with E-state index in [9.17, 15) is 4.79 Å². The zero-order valence-electron chi connectivity index (χ0n) is 16.5. The predicted octanol–water partition coefficient (Wildman–Crippen LogP) is 3.30. The third-order valence-corrected chi connectivity index (χ3v) is 4.04. The molecule has 7 nitrogen and oxygen atoms in total. The fourth-order valence-electron chi connectivity index (χ4n) is 2.80. The predicted molar refractivity (Wildman–Crippen MR) is 107 cm³/mol. The van der Waals surface area contributed by atoms with Crippen LogP contribution in [0.1, 0.15) is 32.3 Å². The molecule has 1 amide bonds. The Hall–Kier alpha value is -2.83. The largest absolute Gasteiger partial charge is 0.493 e. The van der Waals surface area contributed by atoms with Gasteiger partial charge in [-0.1, -0.05) is 19.9 Å². The standard InChI is InChI=1S/C20H28N4O3/c1-5-11-24(12-6-2)19-10-9-18(22-23-19)21-20(25)14-15-7-8-16(26-3)17(13-15)27-4/h7-10,13H,5-6,11-12,14H2,1-4H3,(H,21,22,25). The minimum absolute atomic E-state index is 0.164. The molecule has 0 spiro atoms. The Morgan fingerprint density at radius 1 is 1.00 bits per heavy atom. The van der Waals surface area contributed by atoms with Crippen molar-refractivity contribution in [3.63, 3.8) is 0 Å². The molecule has 1 heterocycles. The summed E-state index contributed by atoms with van der Waals surface area (Å²) in [4.78, 5) is 14.5. The van der Waals surface area contributed by atoms with Crippen molar-refractivity contribution in [1.29, 1.82) is 0 Å². The molecule has 1 N–H and O–H groups in total. The highest BCUT2D eigenvalue weighted by atomic mass is 16.5. The van der Waals surface area contributed by atoms with E-state index in [-0.39, 0.29) is 12.3 Å². The summed E-state index contributed by atoms with van der Waals surface area (Å²) in [6.45, 7) is 6.15. The second kappa shape index (κ2) is 10.4. The van der Waals surface area contributed by atoms with Crippen LogP contribution in [0.4, 0.5) is 11.6 Å². The van der Waals surface area contributed by atoms with Crippen LogP contribution in [-0.4, -0.2) is 43.4 Å². The number of carbonyl (C=O) groups excluding carboxylic acids is 1. The molecule has 1 aromatic heterocycles. The van der Waals surface area contributed by atoms with Crippen molar-refractivity contribution in [3.05, 3.63) is 35.9 Å². The van der Waals surface area contributed by atoms with Crippen LogP contribution in [0.2, 0.25) is 0 Å². The highest BCUT2D eigenvalue weighted by Crippen LogP contribution is 2.27. The van der Waals surface area contributed by atoms with Gasteiger partial charge in [0.05, 0.1) is 20.6 Å². The number of benzene rings is 1. The van der Waals surface area contributed by atoms with Gasteiger partial charge in [0.1, 0.15) is 0 Å². The maximum Gasteiger partial charge on any atom is 0.229 e. The molecule has 0 saturated heterocycles. The van der Waals surface area contributed by atoms with E-state index in [0.29, 0.717) is 17.3 Å². The van der Waals surface area contributed by atoms with Gasteiger partial charge in [0, 0.05) is 13.1 Å². The first kappa shape index (κ1) is 20.5. The summed E-state index contributed by atoms with van der Waals surface area (Å²) in [6, 6.07) is 9.09. The number of aromatic nitrogens is 2. The smallest absolute Gasteiger partial charge is 0.229 e. The molecule has 0 aliphatic heterocycles. The zero-order valence-corrected chi connectivity index (χ0v) is 16.5. The van der Waals surface area contributed by atoms with E-state index in [1.54, 1.807) is 32.4 Å². The second-order valence-corrected chi connectivity index (χ2v) is 6.18. The van der Waals surface area contributed by atoms with Gasteiger partial charge in [0.2, 0.25) is 5.91 Å². The molecule has 0 unspecified atom stereocenters. The van der Waals surface area contributed by atoms with Gasteiger partial charge in [-0.3, -0.25) is 4.79 Å². The lowest BCUT2D eigenvalue weighted by Crippen LogP contribution is -2.26. The highest BCUT2D eigenvalue weighted by Gasteiger charge is 2.11. The van der Waals surface area contributed by atoms with Crippen LogP contribution in [-0.2, 0) is 11.2 Å². The molecule has 0 radical (unpaired) electrons. The number of ether oxygens (including phenoxy) is 2. The summed E-state index contributed by atoms with van der Waals surface area (Å²) >= 11 is 0. The molecular weight excluding hydrogens is 344 g/mol. The number of methoxy groups -OCH3 is 2. The third-order valence-electron chi connectivity index (χ3n) is 4.04. The number of nitrogens with zero attached hydrogens (tertiary/aromatic N) is 3. The van der Waals surface area contributed by atoms with E-state index < -0.39 is 0 Å². The number of nitrogens with one attached hydrogen (secondary N) is 1. The van der Waals surface area contributed by atoms with Crippen molar-refractivity contribution < 1.29 is 14.3 Å². The maximum absolute atomic E-state index is 12.3. The van der Waals surface area contributed by atoms with Crippen molar-refractivity contribution >= 4 is 17.5 Å². The summed E-state index contributed by atoms with van der Waals surface area (Å²) in [5.41, 5.74) is 0.826. The van der Waals surface area contributed by atoms with Crippen LogP contribution in [0.25, 0.3) is 0 Å². The lowest BCUT2D eigenvalue weighted by atomic mass is 10.1. The molecule has 27 heavy (non-hydrogen) atoms. The minimum atomic E-state index is -0.164. The molecule has 0 bridgehead atoms. The lowest BCUT2D eigenvalue weighted by Gasteiger charge is -2.21.